The number of benzene rings is 1. The number of rotatable bonds is 5. The predicted octanol–water partition coefficient (Wildman–Crippen LogP) is 2.47. The quantitative estimate of drug-likeness (QED) is 0.846. The number of nitrogens with zero attached hydrogens (tertiary/aromatic N) is 1. The molecule has 0 saturated heterocycles. The summed E-state index contributed by atoms with van der Waals surface area (Å²) in [6.45, 7) is 2.61. The van der Waals surface area contributed by atoms with Crippen molar-refractivity contribution in [3.63, 3.8) is 0 Å². The number of nitrogens with one attached hydrogen (secondary N) is 1. The Kier molecular flexibility index (Phi) is 4.45. The van der Waals surface area contributed by atoms with Crippen LogP contribution in [0.1, 0.15) is 30.2 Å². The number of hydrogen-bond donors (Lipinski definition) is 2. The van der Waals surface area contributed by atoms with Crippen LogP contribution in [0.2, 0.25) is 0 Å². The SMILES string of the molecule is C[C@H](NC[C@@H](O)c1ccccc1)c1ccncc1. The minimum Gasteiger partial charge on any atom is -0.387 e. The van der Waals surface area contributed by atoms with E-state index in [4.69, 9.17) is 0 Å². The molecule has 2 rings (SSSR count). The standard InChI is InChI=1S/C15H18N2O/c1-12(13-7-9-16-10-8-13)17-11-15(18)14-5-3-2-4-6-14/h2-10,12,15,17-18H,11H2,1H3/t12-,15+/m0/s1. The monoisotopic (exact) mass is 242 g/mol. The van der Waals surface area contributed by atoms with Crippen molar-refractivity contribution in [3.05, 3.63) is 66.0 Å². The smallest absolute Gasteiger partial charge is 0.0914 e. The van der Waals surface area contributed by atoms with Crippen LogP contribution in [0.4, 0.5) is 0 Å². The van der Waals surface area contributed by atoms with Gasteiger partial charge in [-0.25, -0.2) is 0 Å². The summed E-state index contributed by atoms with van der Waals surface area (Å²) in [6.07, 6.45) is 3.08. The van der Waals surface area contributed by atoms with Crippen LogP contribution in [0.3, 0.4) is 0 Å². The molecule has 0 saturated carbocycles. The molecule has 2 aromatic rings. The van der Waals surface area contributed by atoms with E-state index in [1.165, 1.54) is 5.56 Å². The molecule has 1 aromatic heterocycles. The third-order valence-corrected chi connectivity index (χ3v) is 3.01. The van der Waals surface area contributed by atoms with Gasteiger partial charge in [0.05, 0.1) is 6.10 Å². The molecule has 3 nitrogen and oxygen atoms in total. The zero-order valence-electron chi connectivity index (χ0n) is 10.5. The average molecular weight is 242 g/mol. The molecule has 2 N–H and O–H groups in total. The van der Waals surface area contributed by atoms with Crippen LogP contribution >= 0.6 is 0 Å². The molecule has 1 heterocycles. The zero-order chi connectivity index (χ0) is 12.8. The lowest BCUT2D eigenvalue weighted by molar-refractivity contribution is 0.171. The Hall–Kier alpha value is -1.71. The van der Waals surface area contributed by atoms with Gasteiger partial charge in [-0.05, 0) is 30.2 Å². The highest BCUT2D eigenvalue weighted by Crippen LogP contribution is 2.14. The van der Waals surface area contributed by atoms with Gasteiger partial charge in [-0.15, -0.1) is 0 Å². The predicted molar refractivity (Wildman–Crippen MR) is 72.1 cm³/mol. The molecule has 18 heavy (non-hydrogen) atoms. The first-order valence-electron chi connectivity index (χ1n) is 6.13. The maximum absolute atomic E-state index is 10.0. The molecular formula is C15H18N2O. The van der Waals surface area contributed by atoms with Gasteiger partial charge < -0.3 is 10.4 Å². The fourth-order valence-electron chi connectivity index (χ4n) is 1.85. The highest BCUT2D eigenvalue weighted by Gasteiger charge is 2.09. The van der Waals surface area contributed by atoms with Crippen LogP contribution in [0.25, 0.3) is 0 Å². The number of aliphatic hydroxyl groups is 1. The first-order valence-corrected chi connectivity index (χ1v) is 6.13. The van der Waals surface area contributed by atoms with Crippen molar-refractivity contribution in [2.24, 2.45) is 0 Å². The van der Waals surface area contributed by atoms with Crippen LogP contribution in [-0.2, 0) is 0 Å². The molecule has 1 aromatic carbocycles. The molecule has 0 spiro atoms. The van der Waals surface area contributed by atoms with Gasteiger partial charge in [0.2, 0.25) is 0 Å². The summed E-state index contributed by atoms with van der Waals surface area (Å²) in [5, 5.41) is 13.4. The van der Waals surface area contributed by atoms with E-state index in [0.29, 0.717) is 6.54 Å². The largest absolute Gasteiger partial charge is 0.387 e. The maximum Gasteiger partial charge on any atom is 0.0914 e. The Morgan fingerprint density at radius 1 is 1.06 bits per heavy atom. The minimum absolute atomic E-state index is 0.200. The summed E-state index contributed by atoms with van der Waals surface area (Å²) in [4.78, 5) is 3.99. The molecule has 2 atom stereocenters. The van der Waals surface area contributed by atoms with Gasteiger partial charge >= 0.3 is 0 Å². The first kappa shape index (κ1) is 12.7. The van der Waals surface area contributed by atoms with Crippen molar-refractivity contribution in [3.8, 4) is 0 Å². The van der Waals surface area contributed by atoms with E-state index in [9.17, 15) is 5.11 Å². The van der Waals surface area contributed by atoms with E-state index < -0.39 is 6.10 Å². The topological polar surface area (TPSA) is 45.1 Å². The molecule has 0 radical (unpaired) electrons. The minimum atomic E-state index is -0.476. The van der Waals surface area contributed by atoms with Crippen molar-refractivity contribution in [2.75, 3.05) is 6.54 Å². The Labute approximate surface area is 108 Å². The normalized spacial score (nSPS) is 14.1. The molecule has 0 aliphatic rings. The van der Waals surface area contributed by atoms with Crippen LogP contribution in [0, 0.1) is 0 Å². The van der Waals surface area contributed by atoms with Crippen molar-refractivity contribution in [1.29, 1.82) is 0 Å². The number of pyridine rings is 1. The van der Waals surface area contributed by atoms with E-state index in [0.717, 1.165) is 5.56 Å². The lowest BCUT2D eigenvalue weighted by Gasteiger charge is -2.17. The number of aliphatic hydroxyl groups excluding tert-OH is 1. The van der Waals surface area contributed by atoms with Gasteiger partial charge in [0.15, 0.2) is 0 Å². The van der Waals surface area contributed by atoms with Gasteiger partial charge in [0.1, 0.15) is 0 Å². The van der Waals surface area contributed by atoms with E-state index >= 15 is 0 Å². The van der Waals surface area contributed by atoms with E-state index in [2.05, 4.69) is 17.2 Å². The van der Waals surface area contributed by atoms with Crippen LogP contribution in [0.5, 0.6) is 0 Å². The third-order valence-electron chi connectivity index (χ3n) is 3.01. The van der Waals surface area contributed by atoms with Gasteiger partial charge in [-0.2, -0.15) is 0 Å². The second-order valence-corrected chi connectivity index (χ2v) is 4.34. The van der Waals surface area contributed by atoms with Crippen molar-refractivity contribution in [1.82, 2.24) is 10.3 Å². The lowest BCUT2D eigenvalue weighted by Crippen LogP contribution is -2.24. The Morgan fingerprint density at radius 2 is 1.72 bits per heavy atom. The maximum atomic E-state index is 10.0. The fraction of sp³-hybridized carbons (Fsp3) is 0.267. The third kappa shape index (κ3) is 3.39. The summed E-state index contributed by atoms with van der Waals surface area (Å²) in [6, 6.07) is 13.8. The van der Waals surface area contributed by atoms with Crippen LogP contribution in [0.15, 0.2) is 54.9 Å². The molecule has 0 fully saturated rings. The Bertz CT molecular complexity index is 413. The summed E-state index contributed by atoms with van der Waals surface area (Å²) >= 11 is 0. The average Bonchev–Trinajstić information content (AvgIpc) is 2.46. The van der Waals surface area contributed by atoms with Crippen LogP contribution < -0.4 is 5.32 Å². The number of hydrogen-bond acceptors (Lipinski definition) is 3. The van der Waals surface area contributed by atoms with E-state index in [1.807, 2.05) is 42.5 Å². The summed E-state index contributed by atoms with van der Waals surface area (Å²) in [7, 11) is 0. The van der Waals surface area contributed by atoms with Crippen molar-refractivity contribution in [2.45, 2.75) is 19.1 Å². The van der Waals surface area contributed by atoms with Gasteiger partial charge in [0, 0.05) is 25.0 Å². The molecule has 0 amide bonds. The number of aromatic nitrogens is 1. The van der Waals surface area contributed by atoms with Crippen molar-refractivity contribution < 1.29 is 5.11 Å². The highest BCUT2D eigenvalue weighted by molar-refractivity contribution is 5.18. The Balaban J connectivity index is 1.89. The summed E-state index contributed by atoms with van der Waals surface area (Å²) in [5.74, 6) is 0. The lowest BCUT2D eigenvalue weighted by atomic mass is 10.1. The molecule has 94 valence electrons. The molecule has 0 aliphatic heterocycles. The molecular weight excluding hydrogens is 224 g/mol. The van der Waals surface area contributed by atoms with Gasteiger partial charge in [-0.3, -0.25) is 4.98 Å². The molecule has 0 bridgehead atoms. The Morgan fingerprint density at radius 3 is 2.39 bits per heavy atom. The summed E-state index contributed by atoms with van der Waals surface area (Å²) in [5.41, 5.74) is 2.11. The first-order chi connectivity index (χ1) is 8.77. The van der Waals surface area contributed by atoms with E-state index in [1.54, 1.807) is 12.4 Å². The molecule has 3 heteroatoms. The molecule has 0 aliphatic carbocycles. The second-order valence-electron chi connectivity index (χ2n) is 4.34. The van der Waals surface area contributed by atoms with Gasteiger partial charge in [0.25, 0.3) is 0 Å². The van der Waals surface area contributed by atoms with Crippen LogP contribution in [-0.4, -0.2) is 16.6 Å². The highest BCUT2D eigenvalue weighted by atomic mass is 16.3. The fourth-order valence-corrected chi connectivity index (χ4v) is 1.85. The van der Waals surface area contributed by atoms with Gasteiger partial charge in [-0.1, -0.05) is 30.3 Å². The van der Waals surface area contributed by atoms with E-state index in [-0.39, 0.29) is 6.04 Å². The molecule has 0 unspecified atom stereocenters. The second kappa shape index (κ2) is 6.28. The summed E-state index contributed by atoms with van der Waals surface area (Å²) < 4.78 is 0. The zero-order valence-corrected chi connectivity index (χ0v) is 10.5. The van der Waals surface area contributed by atoms with Crippen molar-refractivity contribution >= 4 is 0 Å².